The average Bonchev–Trinajstić information content (AvgIpc) is 3.01. The van der Waals surface area contributed by atoms with Crippen LogP contribution in [0.25, 0.3) is 0 Å². The smallest absolute Gasteiger partial charge is 0.319 e. The first-order valence-electron chi connectivity index (χ1n) is 8.35. The summed E-state index contributed by atoms with van der Waals surface area (Å²) in [5.74, 6) is 1.61. The SMILES string of the molecule is CN(C)C(=O)N1CCC(N2CC3CNCC3C2(C)C)CC1. The molecule has 0 aromatic heterocycles. The van der Waals surface area contributed by atoms with E-state index in [1.165, 1.54) is 19.6 Å². The average molecular weight is 294 g/mol. The van der Waals surface area contributed by atoms with E-state index >= 15 is 0 Å². The van der Waals surface area contributed by atoms with Crippen LogP contribution in [-0.2, 0) is 0 Å². The highest BCUT2D eigenvalue weighted by Crippen LogP contribution is 2.43. The molecule has 21 heavy (non-hydrogen) atoms. The molecule has 5 nitrogen and oxygen atoms in total. The van der Waals surface area contributed by atoms with Gasteiger partial charge in [-0.15, -0.1) is 0 Å². The third kappa shape index (κ3) is 2.55. The highest BCUT2D eigenvalue weighted by molar-refractivity contribution is 5.73. The molecule has 0 aromatic carbocycles. The van der Waals surface area contributed by atoms with Gasteiger partial charge < -0.3 is 15.1 Å². The van der Waals surface area contributed by atoms with Crippen LogP contribution in [0.1, 0.15) is 26.7 Å². The Morgan fingerprint density at radius 3 is 2.43 bits per heavy atom. The Morgan fingerprint density at radius 2 is 1.86 bits per heavy atom. The summed E-state index contributed by atoms with van der Waals surface area (Å²) in [6.07, 6.45) is 2.24. The predicted molar refractivity (Wildman–Crippen MR) is 84.3 cm³/mol. The molecule has 3 rings (SSSR count). The number of rotatable bonds is 1. The minimum Gasteiger partial charge on any atom is -0.331 e. The first kappa shape index (κ1) is 15.1. The molecule has 3 saturated heterocycles. The largest absolute Gasteiger partial charge is 0.331 e. The number of piperidine rings is 1. The van der Waals surface area contributed by atoms with Crippen LogP contribution >= 0.6 is 0 Å². The van der Waals surface area contributed by atoms with Gasteiger partial charge in [0.25, 0.3) is 0 Å². The number of likely N-dealkylation sites (tertiary alicyclic amines) is 2. The highest BCUT2D eigenvalue weighted by atomic mass is 16.2. The quantitative estimate of drug-likeness (QED) is 0.786. The molecule has 1 N–H and O–H groups in total. The number of nitrogens with zero attached hydrogens (tertiary/aromatic N) is 3. The number of carbonyl (C=O) groups is 1. The maximum absolute atomic E-state index is 12.0. The van der Waals surface area contributed by atoms with Crippen molar-refractivity contribution in [2.75, 3.05) is 46.8 Å². The summed E-state index contributed by atoms with van der Waals surface area (Å²) < 4.78 is 0. The molecule has 3 fully saturated rings. The van der Waals surface area contributed by atoms with Crippen molar-refractivity contribution in [1.82, 2.24) is 20.0 Å². The number of nitrogens with one attached hydrogen (secondary N) is 1. The normalized spacial score (nSPS) is 33.2. The monoisotopic (exact) mass is 294 g/mol. The lowest BCUT2D eigenvalue weighted by atomic mass is 9.84. The van der Waals surface area contributed by atoms with Crippen molar-refractivity contribution in [2.24, 2.45) is 11.8 Å². The number of fused-ring (bicyclic) bond motifs is 1. The van der Waals surface area contributed by atoms with E-state index in [2.05, 4.69) is 24.1 Å². The van der Waals surface area contributed by atoms with Crippen molar-refractivity contribution in [3.05, 3.63) is 0 Å². The lowest BCUT2D eigenvalue weighted by Gasteiger charge is -2.44. The van der Waals surface area contributed by atoms with E-state index in [0.29, 0.717) is 11.6 Å². The van der Waals surface area contributed by atoms with Gasteiger partial charge in [-0.2, -0.15) is 0 Å². The second-order valence-electron chi connectivity index (χ2n) is 7.73. The predicted octanol–water partition coefficient (Wildman–Crippen LogP) is 1.06. The lowest BCUT2D eigenvalue weighted by Crippen LogP contribution is -2.54. The van der Waals surface area contributed by atoms with Crippen molar-refractivity contribution in [3.63, 3.8) is 0 Å². The zero-order chi connectivity index (χ0) is 15.2. The fourth-order valence-corrected chi connectivity index (χ4v) is 4.72. The van der Waals surface area contributed by atoms with Crippen LogP contribution in [0, 0.1) is 11.8 Å². The molecular weight excluding hydrogens is 264 g/mol. The van der Waals surface area contributed by atoms with Crippen LogP contribution in [-0.4, -0.2) is 79.1 Å². The van der Waals surface area contributed by atoms with Crippen molar-refractivity contribution in [3.8, 4) is 0 Å². The van der Waals surface area contributed by atoms with E-state index in [-0.39, 0.29) is 6.03 Å². The van der Waals surface area contributed by atoms with Crippen LogP contribution in [0.3, 0.4) is 0 Å². The molecule has 3 heterocycles. The van der Waals surface area contributed by atoms with E-state index in [9.17, 15) is 4.79 Å². The molecule has 5 heteroatoms. The molecule has 2 unspecified atom stereocenters. The van der Waals surface area contributed by atoms with Crippen LogP contribution in [0.5, 0.6) is 0 Å². The highest BCUT2D eigenvalue weighted by Gasteiger charge is 2.51. The van der Waals surface area contributed by atoms with E-state index < -0.39 is 0 Å². The van der Waals surface area contributed by atoms with E-state index in [1.54, 1.807) is 4.90 Å². The summed E-state index contributed by atoms with van der Waals surface area (Å²) in [6.45, 7) is 10.2. The molecule has 3 aliphatic heterocycles. The summed E-state index contributed by atoms with van der Waals surface area (Å²) in [5.41, 5.74) is 0.298. The summed E-state index contributed by atoms with van der Waals surface area (Å²) in [7, 11) is 3.68. The molecule has 0 aromatic rings. The third-order valence-electron chi connectivity index (χ3n) is 5.98. The summed E-state index contributed by atoms with van der Waals surface area (Å²) in [6, 6.07) is 0.812. The minimum absolute atomic E-state index is 0.162. The molecule has 120 valence electrons. The van der Waals surface area contributed by atoms with Crippen molar-refractivity contribution >= 4 is 6.03 Å². The van der Waals surface area contributed by atoms with Crippen molar-refractivity contribution in [1.29, 1.82) is 0 Å². The summed E-state index contributed by atoms with van der Waals surface area (Å²) >= 11 is 0. The third-order valence-corrected chi connectivity index (χ3v) is 5.98. The summed E-state index contributed by atoms with van der Waals surface area (Å²) in [4.78, 5) is 18.5. The Kier molecular flexibility index (Phi) is 3.91. The lowest BCUT2D eigenvalue weighted by molar-refractivity contribution is 0.0510. The zero-order valence-electron chi connectivity index (χ0n) is 13.9. The van der Waals surface area contributed by atoms with Crippen LogP contribution in [0.4, 0.5) is 4.79 Å². The molecule has 2 atom stereocenters. The Hall–Kier alpha value is -0.810. The van der Waals surface area contributed by atoms with Crippen molar-refractivity contribution < 1.29 is 4.79 Å². The number of urea groups is 1. The Balaban J connectivity index is 1.61. The van der Waals surface area contributed by atoms with E-state index in [0.717, 1.165) is 37.8 Å². The first-order valence-corrected chi connectivity index (χ1v) is 8.35. The molecule has 0 radical (unpaired) electrons. The van der Waals surface area contributed by atoms with Crippen LogP contribution < -0.4 is 5.32 Å². The number of hydrogen-bond acceptors (Lipinski definition) is 3. The van der Waals surface area contributed by atoms with E-state index in [4.69, 9.17) is 0 Å². The van der Waals surface area contributed by atoms with Gasteiger partial charge in [0.05, 0.1) is 0 Å². The van der Waals surface area contributed by atoms with Gasteiger partial charge in [-0.25, -0.2) is 4.79 Å². The molecule has 2 amide bonds. The topological polar surface area (TPSA) is 38.8 Å². The van der Waals surface area contributed by atoms with Gasteiger partial charge in [0, 0.05) is 51.9 Å². The van der Waals surface area contributed by atoms with Gasteiger partial charge in [-0.3, -0.25) is 4.90 Å². The molecule has 0 bridgehead atoms. The molecule has 3 aliphatic rings. The molecule has 0 aliphatic carbocycles. The standard InChI is InChI=1S/C16H30N4O/c1-16(2)14-10-17-9-12(14)11-20(16)13-5-7-19(8-6-13)15(21)18(3)4/h12-14,17H,5-11H2,1-4H3. The first-order chi connectivity index (χ1) is 9.91. The van der Waals surface area contributed by atoms with Crippen molar-refractivity contribution in [2.45, 2.75) is 38.3 Å². The van der Waals surface area contributed by atoms with Gasteiger partial charge in [-0.1, -0.05) is 0 Å². The second-order valence-corrected chi connectivity index (χ2v) is 7.73. The Morgan fingerprint density at radius 1 is 1.19 bits per heavy atom. The fraction of sp³-hybridized carbons (Fsp3) is 0.938. The molecule has 0 saturated carbocycles. The van der Waals surface area contributed by atoms with Crippen LogP contribution in [0.15, 0.2) is 0 Å². The van der Waals surface area contributed by atoms with Gasteiger partial charge in [-0.05, 0) is 45.1 Å². The fourth-order valence-electron chi connectivity index (χ4n) is 4.72. The van der Waals surface area contributed by atoms with Gasteiger partial charge in [0.1, 0.15) is 0 Å². The van der Waals surface area contributed by atoms with Gasteiger partial charge >= 0.3 is 6.03 Å². The number of amides is 2. The number of hydrogen-bond donors (Lipinski definition) is 1. The Bertz CT molecular complexity index is 401. The zero-order valence-corrected chi connectivity index (χ0v) is 13.9. The maximum Gasteiger partial charge on any atom is 0.319 e. The molecule has 0 spiro atoms. The van der Waals surface area contributed by atoms with Gasteiger partial charge in [0.15, 0.2) is 0 Å². The molecular formula is C16H30N4O. The Labute approximate surface area is 128 Å². The van der Waals surface area contributed by atoms with E-state index in [1.807, 2.05) is 19.0 Å². The minimum atomic E-state index is 0.162. The second kappa shape index (κ2) is 5.43. The van der Waals surface area contributed by atoms with Gasteiger partial charge in [0.2, 0.25) is 0 Å². The summed E-state index contributed by atoms with van der Waals surface area (Å²) in [5, 5.41) is 3.55. The van der Waals surface area contributed by atoms with Crippen LogP contribution in [0.2, 0.25) is 0 Å². The number of carbonyl (C=O) groups excluding carboxylic acids is 1. The maximum atomic E-state index is 12.0.